The maximum Gasteiger partial charge on any atom is 0.407 e. The lowest BCUT2D eigenvalue weighted by molar-refractivity contribution is -0.119. The standard InChI is InChI=1S/C19H29NO4/c1-15(20-18(22)24-19(2,3)4)13-17(21)11-8-12-23-14-16-9-6-5-7-10-16/h5-7,9-10,15H,8,11-14H2,1-4H3,(H,20,22). The summed E-state index contributed by atoms with van der Waals surface area (Å²) in [6.45, 7) is 8.32. The number of alkyl carbamates (subject to hydrolysis) is 1. The predicted molar refractivity (Wildman–Crippen MR) is 93.8 cm³/mol. The van der Waals surface area contributed by atoms with Gasteiger partial charge in [0.15, 0.2) is 0 Å². The minimum Gasteiger partial charge on any atom is -0.444 e. The molecule has 1 amide bonds. The van der Waals surface area contributed by atoms with Crippen LogP contribution in [0.5, 0.6) is 0 Å². The molecule has 0 aliphatic heterocycles. The molecule has 0 spiro atoms. The van der Waals surface area contributed by atoms with E-state index in [0.29, 0.717) is 32.5 Å². The van der Waals surface area contributed by atoms with E-state index < -0.39 is 11.7 Å². The van der Waals surface area contributed by atoms with Crippen LogP contribution in [0.1, 0.15) is 52.5 Å². The van der Waals surface area contributed by atoms with E-state index in [2.05, 4.69) is 5.32 Å². The summed E-state index contributed by atoms with van der Waals surface area (Å²) in [5, 5.41) is 2.68. The maximum absolute atomic E-state index is 11.9. The molecule has 0 aliphatic rings. The molecule has 0 radical (unpaired) electrons. The fraction of sp³-hybridized carbons (Fsp3) is 0.579. The van der Waals surface area contributed by atoms with E-state index >= 15 is 0 Å². The van der Waals surface area contributed by atoms with E-state index in [4.69, 9.17) is 9.47 Å². The van der Waals surface area contributed by atoms with Crippen LogP contribution in [0, 0.1) is 0 Å². The lowest BCUT2D eigenvalue weighted by atomic mass is 10.1. The van der Waals surface area contributed by atoms with Gasteiger partial charge in [0.1, 0.15) is 11.4 Å². The van der Waals surface area contributed by atoms with Gasteiger partial charge in [-0.05, 0) is 39.7 Å². The average molecular weight is 335 g/mol. The summed E-state index contributed by atoms with van der Waals surface area (Å²) in [5.41, 5.74) is 0.586. The minimum absolute atomic E-state index is 0.113. The Kier molecular flexibility index (Phi) is 8.47. The molecule has 1 N–H and O–H groups in total. The van der Waals surface area contributed by atoms with E-state index in [1.807, 2.05) is 30.3 Å². The van der Waals surface area contributed by atoms with Gasteiger partial charge in [0.2, 0.25) is 0 Å². The molecule has 0 fully saturated rings. The van der Waals surface area contributed by atoms with Gasteiger partial charge in [-0.2, -0.15) is 0 Å². The third-order valence-corrected chi connectivity index (χ3v) is 3.15. The van der Waals surface area contributed by atoms with Crippen molar-refractivity contribution in [2.24, 2.45) is 0 Å². The Hall–Kier alpha value is -1.88. The second-order valence-electron chi connectivity index (χ2n) is 6.93. The minimum atomic E-state index is -0.538. The van der Waals surface area contributed by atoms with Crippen LogP contribution in [-0.2, 0) is 20.9 Å². The highest BCUT2D eigenvalue weighted by Crippen LogP contribution is 2.08. The van der Waals surface area contributed by atoms with Crippen molar-refractivity contribution < 1.29 is 19.1 Å². The zero-order valence-corrected chi connectivity index (χ0v) is 15.1. The number of nitrogens with one attached hydrogen (secondary N) is 1. The van der Waals surface area contributed by atoms with E-state index in [-0.39, 0.29) is 11.8 Å². The molecule has 1 aromatic carbocycles. The average Bonchev–Trinajstić information content (AvgIpc) is 2.45. The Balaban J connectivity index is 2.11. The smallest absolute Gasteiger partial charge is 0.407 e. The number of carbonyl (C=O) groups excluding carboxylic acids is 2. The van der Waals surface area contributed by atoms with Crippen LogP contribution in [0.25, 0.3) is 0 Å². The fourth-order valence-electron chi connectivity index (χ4n) is 2.14. The molecule has 24 heavy (non-hydrogen) atoms. The Bertz CT molecular complexity index is 508. The SMILES string of the molecule is CC(CC(=O)CCCOCc1ccccc1)NC(=O)OC(C)(C)C. The third-order valence-electron chi connectivity index (χ3n) is 3.15. The monoisotopic (exact) mass is 335 g/mol. The molecule has 1 rings (SSSR count). The van der Waals surface area contributed by atoms with Crippen molar-refractivity contribution in [2.45, 2.75) is 65.2 Å². The van der Waals surface area contributed by atoms with Gasteiger partial charge in [-0.3, -0.25) is 4.79 Å². The van der Waals surface area contributed by atoms with Crippen LogP contribution in [0.4, 0.5) is 4.79 Å². The molecule has 0 saturated carbocycles. The summed E-state index contributed by atoms with van der Waals surface area (Å²) in [6.07, 6.45) is 0.951. The summed E-state index contributed by atoms with van der Waals surface area (Å²) in [6, 6.07) is 9.69. The molecule has 134 valence electrons. The molecule has 1 aromatic rings. The zero-order valence-electron chi connectivity index (χ0n) is 15.1. The van der Waals surface area contributed by atoms with Gasteiger partial charge >= 0.3 is 6.09 Å². The molecule has 1 unspecified atom stereocenters. The molecular weight excluding hydrogens is 306 g/mol. The van der Waals surface area contributed by atoms with Crippen molar-refractivity contribution in [1.82, 2.24) is 5.32 Å². The Morgan fingerprint density at radius 2 is 1.83 bits per heavy atom. The third kappa shape index (κ3) is 10.0. The van der Waals surface area contributed by atoms with E-state index in [1.54, 1.807) is 27.7 Å². The first-order valence-electron chi connectivity index (χ1n) is 8.39. The first-order chi connectivity index (χ1) is 11.3. The highest BCUT2D eigenvalue weighted by atomic mass is 16.6. The molecule has 1 atom stereocenters. The van der Waals surface area contributed by atoms with Crippen LogP contribution in [0.3, 0.4) is 0 Å². The number of hydrogen-bond donors (Lipinski definition) is 1. The van der Waals surface area contributed by atoms with E-state index in [9.17, 15) is 9.59 Å². The fourth-order valence-corrected chi connectivity index (χ4v) is 2.14. The van der Waals surface area contributed by atoms with Crippen LogP contribution < -0.4 is 5.32 Å². The first kappa shape index (κ1) is 20.2. The van der Waals surface area contributed by atoms with Crippen LogP contribution in [-0.4, -0.2) is 30.1 Å². The lowest BCUT2D eigenvalue weighted by Gasteiger charge is -2.21. The largest absolute Gasteiger partial charge is 0.444 e. The summed E-state index contributed by atoms with van der Waals surface area (Å²) in [5.74, 6) is 0.113. The predicted octanol–water partition coefficient (Wildman–Crippen LogP) is 3.86. The van der Waals surface area contributed by atoms with Gasteiger partial charge in [0.25, 0.3) is 0 Å². The van der Waals surface area contributed by atoms with Gasteiger partial charge in [0, 0.05) is 25.5 Å². The maximum atomic E-state index is 11.9. The number of hydrogen-bond acceptors (Lipinski definition) is 4. The number of ketones is 1. The Morgan fingerprint density at radius 3 is 2.46 bits per heavy atom. The van der Waals surface area contributed by atoms with Crippen molar-refractivity contribution in [3.63, 3.8) is 0 Å². The number of benzene rings is 1. The topological polar surface area (TPSA) is 64.6 Å². The van der Waals surface area contributed by atoms with Crippen molar-refractivity contribution in [3.8, 4) is 0 Å². The van der Waals surface area contributed by atoms with Crippen molar-refractivity contribution in [2.75, 3.05) is 6.61 Å². The normalized spacial score (nSPS) is 12.5. The summed E-state index contributed by atoms with van der Waals surface area (Å²) in [7, 11) is 0. The highest BCUT2D eigenvalue weighted by molar-refractivity contribution is 5.79. The lowest BCUT2D eigenvalue weighted by Crippen LogP contribution is -2.38. The summed E-state index contributed by atoms with van der Waals surface area (Å²) < 4.78 is 10.7. The van der Waals surface area contributed by atoms with Crippen LogP contribution in [0.2, 0.25) is 0 Å². The van der Waals surface area contributed by atoms with Gasteiger partial charge in [-0.25, -0.2) is 4.79 Å². The number of rotatable bonds is 9. The zero-order chi connectivity index (χ0) is 18.0. The molecule has 0 aliphatic carbocycles. The molecule has 5 heteroatoms. The van der Waals surface area contributed by atoms with Crippen molar-refractivity contribution in [1.29, 1.82) is 0 Å². The van der Waals surface area contributed by atoms with Crippen LogP contribution in [0.15, 0.2) is 30.3 Å². The van der Waals surface area contributed by atoms with Gasteiger partial charge < -0.3 is 14.8 Å². The van der Waals surface area contributed by atoms with Gasteiger partial charge in [-0.1, -0.05) is 30.3 Å². The van der Waals surface area contributed by atoms with Crippen LogP contribution >= 0.6 is 0 Å². The second kappa shape index (κ2) is 10.1. The molecular formula is C19H29NO4. The summed E-state index contributed by atoms with van der Waals surface area (Å²) in [4.78, 5) is 23.5. The molecule has 0 saturated heterocycles. The van der Waals surface area contributed by atoms with Gasteiger partial charge in [-0.15, -0.1) is 0 Å². The number of Topliss-reactive ketones (excluding diaryl/α,β-unsaturated/α-hetero) is 1. The van der Waals surface area contributed by atoms with E-state index in [1.165, 1.54) is 0 Å². The molecule has 0 aromatic heterocycles. The highest BCUT2D eigenvalue weighted by Gasteiger charge is 2.18. The quantitative estimate of drug-likeness (QED) is 0.696. The molecule has 0 heterocycles. The first-order valence-corrected chi connectivity index (χ1v) is 8.39. The second-order valence-corrected chi connectivity index (χ2v) is 6.93. The Labute approximate surface area is 144 Å². The summed E-state index contributed by atoms with van der Waals surface area (Å²) >= 11 is 0. The molecule has 0 bridgehead atoms. The van der Waals surface area contributed by atoms with Crippen molar-refractivity contribution >= 4 is 11.9 Å². The number of carbonyl (C=O) groups is 2. The molecule has 5 nitrogen and oxygen atoms in total. The number of amides is 1. The van der Waals surface area contributed by atoms with Crippen molar-refractivity contribution in [3.05, 3.63) is 35.9 Å². The van der Waals surface area contributed by atoms with Gasteiger partial charge in [0.05, 0.1) is 6.61 Å². The number of ether oxygens (including phenoxy) is 2. The Morgan fingerprint density at radius 1 is 1.17 bits per heavy atom. The van der Waals surface area contributed by atoms with E-state index in [0.717, 1.165) is 5.56 Å².